The number of esters is 1. The van der Waals surface area contributed by atoms with E-state index in [1.54, 1.807) is 19.1 Å². The number of amides is 1. The van der Waals surface area contributed by atoms with Gasteiger partial charge in [0.25, 0.3) is 5.91 Å². The summed E-state index contributed by atoms with van der Waals surface area (Å²) in [6.07, 6.45) is 0. The number of carbonyl (C=O) groups excluding carboxylic acids is 2. The zero-order chi connectivity index (χ0) is 20.3. The van der Waals surface area contributed by atoms with Crippen molar-refractivity contribution in [3.8, 4) is 5.75 Å². The van der Waals surface area contributed by atoms with E-state index < -0.39 is 18.5 Å². The minimum atomic E-state index is -0.986. The normalized spacial score (nSPS) is 10.4. The van der Waals surface area contributed by atoms with E-state index in [2.05, 4.69) is 10.3 Å². The second kappa shape index (κ2) is 8.84. The highest BCUT2D eigenvalue weighted by atomic mass is 35.5. The molecule has 2 rings (SSSR count). The number of carbonyl (C=O) groups is 2. The average Bonchev–Trinajstić information content (AvgIpc) is 2.63. The first-order valence-electron chi connectivity index (χ1n) is 7.26. The second-order valence-electron chi connectivity index (χ2n) is 5.22. The van der Waals surface area contributed by atoms with E-state index in [0.717, 1.165) is 5.56 Å². The summed E-state index contributed by atoms with van der Waals surface area (Å²) in [6.45, 7) is 1.15. The van der Waals surface area contributed by atoms with E-state index in [0.29, 0.717) is 16.5 Å². The van der Waals surface area contributed by atoms with Crippen molar-refractivity contribution in [1.29, 1.82) is 0 Å². The van der Waals surface area contributed by atoms with Crippen LogP contribution in [0.4, 0.5) is 11.4 Å². The summed E-state index contributed by atoms with van der Waals surface area (Å²) in [4.78, 5) is 27.9. The first kappa shape index (κ1) is 21.4. The fourth-order valence-electron chi connectivity index (χ4n) is 1.98. The number of nitrogens with two attached hydrogens (primary N) is 1. The number of anilines is 2. The Bertz CT molecular complexity index is 921. The van der Waals surface area contributed by atoms with Crippen LogP contribution in [0.15, 0.2) is 12.1 Å². The summed E-state index contributed by atoms with van der Waals surface area (Å²) >= 11 is 23.5. The number of benzene rings is 1. The van der Waals surface area contributed by atoms with Gasteiger partial charge in [-0.05, 0) is 18.6 Å². The van der Waals surface area contributed by atoms with Crippen molar-refractivity contribution in [1.82, 2.24) is 4.98 Å². The third-order valence-corrected chi connectivity index (χ3v) is 4.90. The lowest BCUT2D eigenvalue weighted by Crippen LogP contribution is -2.22. The molecule has 11 heteroatoms. The molecule has 144 valence electrons. The van der Waals surface area contributed by atoms with E-state index in [4.69, 9.17) is 61.6 Å². The van der Waals surface area contributed by atoms with Crippen molar-refractivity contribution in [2.75, 3.05) is 24.8 Å². The molecule has 1 aromatic carbocycles. The SMILES string of the molecule is COc1cc(Cl)c(C)cc1NC(=O)COC(=O)c1nc(Cl)c(Cl)c(N)c1Cl. The van der Waals surface area contributed by atoms with Gasteiger partial charge in [-0.15, -0.1) is 0 Å². The fourth-order valence-corrected chi connectivity index (χ4v) is 2.72. The standard InChI is InChI=1S/C16H13Cl4N3O4/c1-6-3-8(9(26-2)4-7(6)17)22-10(24)5-27-16(25)14-11(18)13(21)12(19)15(20)23-14/h3-4H,5H2,1-2H3,(H2,21,23)(H,22,24). The summed E-state index contributed by atoms with van der Waals surface area (Å²) in [5.74, 6) is -1.25. The van der Waals surface area contributed by atoms with Crippen LogP contribution in [-0.4, -0.2) is 30.6 Å². The van der Waals surface area contributed by atoms with Gasteiger partial charge in [0, 0.05) is 11.1 Å². The summed E-state index contributed by atoms with van der Waals surface area (Å²) in [5.41, 5.74) is 6.27. The Morgan fingerprint density at radius 1 is 1.19 bits per heavy atom. The van der Waals surface area contributed by atoms with Gasteiger partial charge in [0.15, 0.2) is 17.5 Å². The maximum atomic E-state index is 12.1. The first-order chi connectivity index (χ1) is 12.6. The number of nitrogens with one attached hydrogen (secondary N) is 1. The van der Waals surface area contributed by atoms with Crippen molar-refractivity contribution < 1.29 is 19.1 Å². The number of aromatic nitrogens is 1. The summed E-state index contributed by atoms with van der Waals surface area (Å²) in [6, 6.07) is 3.18. The smallest absolute Gasteiger partial charge is 0.359 e. The molecule has 0 aliphatic carbocycles. The van der Waals surface area contributed by atoms with Crippen molar-refractivity contribution in [3.63, 3.8) is 0 Å². The van der Waals surface area contributed by atoms with Gasteiger partial charge in [-0.3, -0.25) is 4.79 Å². The molecule has 27 heavy (non-hydrogen) atoms. The van der Waals surface area contributed by atoms with E-state index in [9.17, 15) is 9.59 Å². The molecule has 1 heterocycles. The number of halogens is 4. The highest BCUT2D eigenvalue weighted by Gasteiger charge is 2.22. The molecule has 0 bridgehead atoms. The van der Waals surface area contributed by atoms with Gasteiger partial charge < -0.3 is 20.5 Å². The fraction of sp³-hybridized carbons (Fsp3) is 0.188. The highest BCUT2D eigenvalue weighted by Crippen LogP contribution is 2.34. The van der Waals surface area contributed by atoms with Gasteiger partial charge in [0.1, 0.15) is 10.8 Å². The largest absolute Gasteiger partial charge is 0.495 e. The number of nitrogen functional groups attached to an aromatic ring is 1. The van der Waals surface area contributed by atoms with Crippen molar-refractivity contribution in [2.24, 2.45) is 0 Å². The molecule has 7 nitrogen and oxygen atoms in total. The van der Waals surface area contributed by atoms with E-state index in [1.165, 1.54) is 7.11 Å². The van der Waals surface area contributed by atoms with Crippen LogP contribution >= 0.6 is 46.4 Å². The minimum Gasteiger partial charge on any atom is -0.495 e. The number of aryl methyl sites for hydroxylation is 1. The van der Waals surface area contributed by atoms with Crippen molar-refractivity contribution in [3.05, 3.63) is 43.6 Å². The molecule has 0 saturated heterocycles. The number of pyridine rings is 1. The van der Waals surface area contributed by atoms with Crippen LogP contribution in [0, 0.1) is 6.92 Å². The summed E-state index contributed by atoms with van der Waals surface area (Å²) in [5, 5.41) is 2.53. The quantitative estimate of drug-likeness (QED) is 0.515. The highest BCUT2D eigenvalue weighted by molar-refractivity contribution is 6.46. The van der Waals surface area contributed by atoms with Gasteiger partial charge in [-0.25, -0.2) is 9.78 Å². The first-order valence-corrected chi connectivity index (χ1v) is 8.78. The van der Waals surface area contributed by atoms with Gasteiger partial charge in [-0.1, -0.05) is 46.4 Å². The predicted molar refractivity (Wildman–Crippen MR) is 105 cm³/mol. The molecule has 2 aromatic rings. The summed E-state index contributed by atoms with van der Waals surface area (Å²) < 4.78 is 10.1. The maximum absolute atomic E-state index is 12.1. The molecule has 1 amide bonds. The topological polar surface area (TPSA) is 104 Å². The number of hydrogen-bond acceptors (Lipinski definition) is 6. The Balaban J connectivity index is 2.09. The molecule has 0 saturated carbocycles. The molecule has 0 atom stereocenters. The molecular formula is C16H13Cl4N3O4. The minimum absolute atomic E-state index is 0.0823. The average molecular weight is 453 g/mol. The molecule has 1 aromatic heterocycles. The number of rotatable bonds is 5. The molecule has 0 aliphatic rings. The zero-order valence-corrected chi connectivity index (χ0v) is 17.1. The predicted octanol–water partition coefficient (Wildman–Crippen LogP) is 4.39. The van der Waals surface area contributed by atoms with E-state index in [1.807, 2.05) is 0 Å². The van der Waals surface area contributed by atoms with Crippen molar-refractivity contribution in [2.45, 2.75) is 6.92 Å². The molecule has 0 fully saturated rings. The van der Waals surface area contributed by atoms with Crippen LogP contribution in [0.25, 0.3) is 0 Å². The van der Waals surface area contributed by atoms with Crippen LogP contribution in [0.2, 0.25) is 20.2 Å². The molecule has 3 N–H and O–H groups in total. The Morgan fingerprint density at radius 3 is 2.48 bits per heavy atom. The third kappa shape index (κ3) is 4.87. The number of hydrogen-bond donors (Lipinski definition) is 2. The second-order valence-corrected chi connectivity index (χ2v) is 6.74. The van der Waals surface area contributed by atoms with Crippen molar-refractivity contribution >= 4 is 69.7 Å². The van der Waals surface area contributed by atoms with Crippen LogP contribution in [-0.2, 0) is 9.53 Å². The van der Waals surface area contributed by atoms with Crippen LogP contribution < -0.4 is 15.8 Å². The monoisotopic (exact) mass is 451 g/mol. The third-order valence-electron chi connectivity index (χ3n) is 3.35. The van der Waals surface area contributed by atoms with E-state index in [-0.39, 0.29) is 26.6 Å². The van der Waals surface area contributed by atoms with Gasteiger partial charge >= 0.3 is 5.97 Å². The van der Waals surface area contributed by atoms with Gasteiger partial charge in [-0.2, -0.15) is 0 Å². The van der Waals surface area contributed by atoms with E-state index >= 15 is 0 Å². The molecule has 0 radical (unpaired) electrons. The lowest BCUT2D eigenvalue weighted by molar-refractivity contribution is -0.119. The molecule has 0 aliphatic heterocycles. The molecule has 0 unspecified atom stereocenters. The summed E-state index contributed by atoms with van der Waals surface area (Å²) in [7, 11) is 1.43. The Morgan fingerprint density at radius 2 is 1.85 bits per heavy atom. The van der Waals surface area contributed by atoms with Crippen LogP contribution in [0.1, 0.15) is 16.1 Å². The maximum Gasteiger partial charge on any atom is 0.359 e. The number of nitrogens with zero attached hydrogens (tertiary/aromatic N) is 1. The molecular weight excluding hydrogens is 440 g/mol. The molecule has 0 spiro atoms. The Labute approximate surface area is 174 Å². The van der Waals surface area contributed by atoms with Gasteiger partial charge in [0.05, 0.1) is 23.5 Å². The Hall–Kier alpha value is -1.93. The van der Waals surface area contributed by atoms with Crippen LogP contribution in [0.3, 0.4) is 0 Å². The zero-order valence-electron chi connectivity index (χ0n) is 14.0. The van der Waals surface area contributed by atoms with Crippen LogP contribution in [0.5, 0.6) is 5.75 Å². The lowest BCUT2D eigenvalue weighted by atomic mass is 10.2. The van der Waals surface area contributed by atoms with Gasteiger partial charge in [0.2, 0.25) is 0 Å². The number of ether oxygens (including phenoxy) is 2. The number of methoxy groups -OCH3 is 1. The lowest BCUT2D eigenvalue weighted by Gasteiger charge is -2.13. The Kier molecular flexibility index (Phi) is 7.00.